The second-order valence-corrected chi connectivity index (χ2v) is 4.35. The molecule has 0 aliphatic carbocycles. The van der Waals surface area contributed by atoms with E-state index in [1.165, 1.54) is 11.3 Å². The lowest BCUT2D eigenvalue weighted by atomic mass is 10.3. The van der Waals surface area contributed by atoms with Gasteiger partial charge < -0.3 is 5.73 Å². The van der Waals surface area contributed by atoms with Crippen LogP contribution in [0.15, 0.2) is 24.4 Å². The molecule has 3 N–H and O–H groups in total. The van der Waals surface area contributed by atoms with E-state index in [2.05, 4.69) is 20.2 Å². The Kier molecular flexibility index (Phi) is 2.12. The van der Waals surface area contributed by atoms with E-state index in [4.69, 9.17) is 5.73 Å². The van der Waals surface area contributed by atoms with Crippen LogP contribution < -0.4 is 5.73 Å². The maximum Gasteiger partial charge on any atom is 0.277 e. The molecule has 17 heavy (non-hydrogen) atoms. The van der Waals surface area contributed by atoms with Gasteiger partial charge in [-0.2, -0.15) is 5.10 Å². The number of rotatable bonds is 2. The largest absolute Gasteiger partial charge is 0.364 e. The quantitative estimate of drug-likeness (QED) is 0.708. The highest BCUT2D eigenvalue weighted by molar-refractivity contribution is 7.20. The second kappa shape index (κ2) is 3.63. The van der Waals surface area contributed by atoms with Crippen LogP contribution in [0.5, 0.6) is 0 Å². The zero-order valence-electron chi connectivity index (χ0n) is 8.54. The minimum Gasteiger partial charge on any atom is -0.364 e. The third-order valence-corrected chi connectivity index (χ3v) is 3.32. The minimum absolute atomic E-state index is 0.258. The molecule has 6 nitrogen and oxygen atoms in total. The third kappa shape index (κ3) is 1.56. The molecule has 3 rings (SSSR count). The van der Waals surface area contributed by atoms with Gasteiger partial charge in [-0.15, -0.1) is 11.3 Å². The number of primary amides is 1. The number of carbonyl (C=O) groups excluding carboxylic acids is 1. The number of amides is 1. The molecule has 3 aromatic heterocycles. The van der Waals surface area contributed by atoms with Gasteiger partial charge in [-0.05, 0) is 12.1 Å². The van der Waals surface area contributed by atoms with Crippen molar-refractivity contribution in [3.63, 3.8) is 0 Å². The Morgan fingerprint density at radius 2 is 2.29 bits per heavy atom. The van der Waals surface area contributed by atoms with Crippen LogP contribution in [0.2, 0.25) is 0 Å². The van der Waals surface area contributed by atoms with Gasteiger partial charge >= 0.3 is 0 Å². The van der Waals surface area contributed by atoms with Gasteiger partial charge in [0.25, 0.3) is 5.91 Å². The van der Waals surface area contributed by atoms with E-state index in [1.807, 2.05) is 18.2 Å². The fourth-order valence-corrected chi connectivity index (χ4v) is 2.36. The average Bonchev–Trinajstić information content (AvgIpc) is 2.89. The number of hydrogen-bond acceptors (Lipinski definition) is 5. The molecular weight excluding hydrogens is 238 g/mol. The van der Waals surface area contributed by atoms with E-state index in [0.717, 1.165) is 16.1 Å². The van der Waals surface area contributed by atoms with Gasteiger partial charge in [-0.25, -0.2) is 4.98 Å². The number of fused-ring (bicyclic) bond motifs is 1. The van der Waals surface area contributed by atoms with Crippen LogP contribution in [0.1, 0.15) is 9.80 Å². The lowest BCUT2D eigenvalue weighted by molar-refractivity contribution is 0.1000. The average molecular weight is 245 g/mol. The molecule has 0 fully saturated rings. The number of aromatic amines is 1. The Morgan fingerprint density at radius 3 is 3.00 bits per heavy atom. The van der Waals surface area contributed by atoms with Crippen molar-refractivity contribution in [3.05, 3.63) is 29.4 Å². The number of aromatic nitrogens is 4. The summed E-state index contributed by atoms with van der Waals surface area (Å²) in [5.41, 5.74) is 7.19. The first-order valence-corrected chi connectivity index (χ1v) is 5.63. The molecule has 0 radical (unpaired) electrons. The highest BCUT2D eigenvalue weighted by atomic mass is 32.1. The van der Waals surface area contributed by atoms with Gasteiger partial charge in [0.1, 0.15) is 10.4 Å². The summed E-state index contributed by atoms with van der Waals surface area (Å²) >= 11 is 1.21. The van der Waals surface area contributed by atoms with E-state index in [9.17, 15) is 4.79 Å². The number of hydrogen-bond donors (Lipinski definition) is 2. The third-order valence-electron chi connectivity index (χ3n) is 2.24. The van der Waals surface area contributed by atoms with Gasteiger partial charge in [0.2, 0.25) is 0 Å². The van der Waals surface area contributed by atoms with Crippen LogP contribution in [0.4, 0.5) is 0 Å². The molecule has 0 bridgehead atoms. The van der Waals surface area contributed by atoms with Gasteiger partial charge in [0.05, 0.1) is 5.69 Å². The van der Waals surface area contributed by atoms with Crippen molar-refractivity contribution in [2.45, 2.75) is 0 Å². The van der Waals surface area contributed by atoms with Crippen molar-refractivity contribution in [2.75, 3.05) is 0 Å². The fourth-order valence-electron chi connectivity index (χ4n) is 1.50. The summed E-state index contributed by atoms with van der Waals surface area (Å²) in [6, 6.07) is 5.57. The minimum atomic E-state index is -0.542. The van der Waals surface area contributed by atoms with Crippen LogP contribution >= 0.6 is 11.3 Å². The van der Waals surface area contributed by atoms with Gasteiger partial charge in [0.15, 0.2) is 10.7 Å². The van der Waals surface area contributed by atoms with Crippen LogP contribution in [-0.2, 0) is 0 Å². The molecule has 0 spiro atoms. The molecule has 3 aromatic rings. The van der Waals surface area contributed by atoms with Crippen LogP contribution in [0, 0.1) is 0 Å². The number of carbonyl (C=O) groups is 1. The zero-order valence-corrected chi connectivity index (χ0v) is 9.36. The summed E-state index contributed by atoms with van der Waals surface area (Å²) in [7, 11) is 0. The summed E-state index contributed by atoms with van der Waals surface area (Å²) in [6.45, 7) is 0. The second-order valence-electron chi connectivity index (χ2n) is 3.35. The summed E-state index contributed by atoms with van der Waals surface area (Å²) in [5, 5.41) is 7.14. The molecule has 84 valence electrons. The van der Waals surface area contributed by atoms with Crippen LogP contribution in [-0.4, -0.2) is 26.1 Å². The molecule has 0 atom stereocenters. The number of H-pyrrole nitrogens is 1. The van der Waals surface area contributed by atoms with Crippen molar-refractivity contribution < 1.29 is 4.79 Å². The number of nitrogens with two attached hydrogens (primary N) is 1. The van der Waals surface area contributed by atoms with E-state index in [1.54, 1.807) is 6.20 Å². The molecule has 0 aliphatic heterocycles. The van der Waals surface area contributed by atoms with E-state index in [-0.39, 0.29) is 5.01 Å². The number of thiazole rings is 1. The zero-order chi connectivity index (χ0) is 11.8. The lowest BCUT2D eigenvalue weighted by Gasteiger charge is -1.94. The summed E-state index contributed by atoms with van der Waals surface area (Å²) in [6.07, 6.45) is 1.69. The Labute approximate surface area is 99.5 Å². The van der Waals surface area contributed by atoms with Gasteiger partial charge in [0, 0.05) is 6.20 Å². The van der Waals surface area contributed by atoms with Crippen molar-refractivity contribution in [2.24, 2.45) is 5.73 Å². The van der Waals surface area contributed by atoms with E-state index in [0.29, 0.717) is 5.65 Å². The van der Waals surface area contributed by atoms with Crippen molar-refractivity contribution in [1.29, 1.82) is 0 Å². The van der Waals surface area contributed by atoms with Crippen molar-refractivity contribution in [1.82, 2.24) is 20.2 Å². The number of pyridine rings is 1. The Morgan fingerprint density at radius 1 is 1.41 bits per heavy atom. The standard InChI is InChI=1S/C10H7N5OS/c11-8(16)10-13-9-7(17-10)6(14-15-9)5-3-1-2-4-12-5/h1-4H,(H2,11,16)(H,14,15). The van der Waals surface area contributed by atoms with Crippen LogP contribution in [0.25, 0.3) is 21.7 Å². The topological polar surface area (TPSA) is 97.5 Å². The first-order valence-electron chi connectivity index (χ1n) is 4.82. The van der Waals surface area contributed by atoms with Crippen LogP contribution in [0.3, 0.4) is 0 Å². The summed E-state index contributed by atoms with van der Waals surface area (Å²) in [4.78, 5) is 19.3. The smallest absolute Gasteiger partial charge is 0.277 e. The van der Waals surface area contributed by atoms with Crippen molar-refractivity contribution >= 4 is 27.6 Å². The molecule has 0 aromatic carbocycles. The highest BCUT2D eigenvalue weighted by Gasteiger charge is 2.16. The Balaban J connectivity index is 2.21. The van der Waals surface area contributed by atoms with E-state index >= 15 is 0 Å². The monoisotopic (exact) mass is 245 g/mol. The lowest BCUT2D eigenvalue weighted by Crippen LogP contribution is -2.09. The fraction of sp³-hybridized carbons (Fsp3) is 0. The molecule has 1 amide bonds. The maximum absolute atomic E-state index is 11.0. The first kappa shape index (κ1) is 9.91. The predicted octanol–water partition coefficient (Wildman–Crippen LogP) is 1.18. The molecule has 0 saturated heterocycles. The molecular formula is C10H7N5OS. The predicted molar refractivity (Wildman–Crippen MR) is 63.5 cm³/mol. The van der Waals surface area contributed by atoms with Crippen molar-refractivity contribution in [3.8, 4) is 11.4 Å². The Bertz CT molecular complexity index is 687. The SMILES string of the molecule is NC(=O)c1nc2n[nH]c(-c3ccccn3)c2s1. The van der Waals surface area contributed by atoms with E-state index < -0.39 is 5.91 Å². The molecule has 0 saturated carbocycles. The molecule has 7 heteroatoms. The normalized spacial score (nSPS) is 10.8. The number of nitrogens with zero attached hydrogens (tertiary/aromatic N) is 3. The molecule has 0 unspecified atom stereocenters. The van der Waals surface area contributed by atoms with Gasteiger partial charge in [-0.3, -0.25) is 14.9 Å². The molecule has 3 heterocycles. The number of nitrogens with one attached hydrogen (secondary N) is 1. The highest BCUT2D eigenvalue weighted by Crippen LogP contribution is 2.29. The summed E-state index contributed by atoms with van der Waals surface area (Å²) < 4.78 is 0.789. The molecule has 0 aliphatic rings. The Hall–Kier alpha value is -2.28. The summed E-state index contributed by atoms with van der Waals surface area (Å²) in [5.74, 6) is -0.542. The first-order chi connectivity index (χ1) is 8.25. The van der Waals surface area contributed by atoms with Gasteiger partial charge in [-0.1, -0.05) is 6.07 Å². The maximum atomic E-state index is 11.0.